The van der Waals surface area contributed by atoms with Gasteiger partial charge in [-0.15, -0.1) is 0 Å². The van der Waals surface area contributed by atoms with Gasteiger partial charge in [-0.3, -0.25) is 14.3 Å². The Labute approximate surface area is 281 Å². The average Bonchev–Trinajstić information content (AvgIpc) is 3.69. The lowest BCUT2D eigenvalue weighted by Gasteiger charge is -2.12. The summed E-state index contributed by atoms with van der Waals surface area (Å²) < 4.78 is 27.6. The molecule has 0 saturated carbocycles. The highest BCUT2D eigenvalue weighted by Gasteiger charge is 2.25. The fourth-order valence-electron chi connectivity index (χ4n) is 5.22. The molecule has 0 radical (unpaired) electrons. The first-order valence-electron chi connectivity index (χ1n) is 15.2. The largest absolute Gasteiger partial charge is 0.438 e. The molecule has 0 saturated heterocycles. The number of nitrogens with zero attached hydrogens (tertiary/aromatic N) is 5. The maximum atomic E-state index is 13.3. The quantitative estimate of drug-likeness (QED) is 0.0872. The van der Waals surface area contributed by atoms with Crippen LogP contribution in [0.3, 0.4) is 0 Å². The summed E-state index contributed by atoms with van der Waals surface area (Å²) in [5.41, 5.74) is 4.50. The number of amides is 2. The Bertz CT molecular complexity index is 2150. The van der Waals surface area contributed by atoms with Gasteiger partial charge in [-0.25, -0.2) is 14.4 Å². The van der Waals surface area contributed by atoms with E-state index in [9.17, 15) is 14.0 Å². The van der Waals surface area contributed by atoms with E-state index in [1.54, 1.807) is 42.2 Å². The standard InChI is InChI=1S/C36H33FN8O4/c1-38-18-29(33(46)42-26-10-8-25(37)9-11-26)34(47)43-27-12-14-28(15-13-27)48-35-31-30(23-7-5-6-22(16-23)19-44(2)3)32(24-17-41-45(4)20-24)49-36(31)40-21-39-35/h5-18,20-21,38H,19H2,1-4H3,(H,42,46)(H,43,47)/b29-18+. The second kappa shape index (κ2) is 14.2. The van der Waals surface area contributed by atoms with Crippen molar-refractivity contribution in [3.8, 4) is 34.1 Å². The molecule has 13 heteroatoms. The van der Waals surface area contributed by atoms with Gasteiger partial charge in [-0.2, -0.15) is 5.10 Å². The van der Waals surface area contributed by atoms with Crippen LogP contribution >= 0.6 is 0 Å². The highest BCUT2D eigenvalue weighted by atomic mass is 19.1. The normalized spacial score (nSPS) is 11.5. The Morgan fingerprint density at radius 3 is 2.29 bits per heavy atom. The molecule has 0 unspecified atom stereocenters. The number of hydrogen-bond acceptors (Lipinski definition) is 9. The number of nitrogens with one attached hydrogen (secondary N) is 3. The molecular weight excluding hydrogens is 627 g/mol. The zero-order valence-electron chi connectivity index (χ0n) is 27.2. The van der Waals surface area contributed by atoms with E-state index in [0.29, 0.717) is 34.0 Å². The van der Waals surface area contributed by atoms with E-state index < -0.39 is 17.6 Å². The molecule has 3 N–H and O–H groups in total. The summed E-state index contributed by atoms with van der Waals surface area (Å²) in [5.74, 6) is -0.451. The number of hydrogen-bond donors (Lipinski definition) is 3. The summed E-state index contributed by atoms with van der Waals surface area (Å²) in [4.78, 5) is 36.9. The van der Waals surface area contributed by atoms with Crippen LogP contribution in [0.2, 0.25) is 0 Å². The summed E-state index contributed by atoms with van der Waals surface area (Å²) in [5, 5.41) is 13.0. The number of aromatic nitrogens is 4. The van der Waals surface area contributed by atoms with Crippen molar-refractivity contribution in [1.29, 1.82) is 0 Å². The molecule has 0 atom stereocenters. The minimum Gasteiger partial charge on any atom is -0.438 e. The Morgan fingerprint density at radius 1 is 0.959 bits per heavy atom. The Balaban J connectivity index is 1.27. The van der Waals surface area contributed by atoms with Crippen molar-refractivity contribution in [2.75, 3.05) is 31.8 Å². The number of benzene rings is 3. The number of carbonyl (C=O) groups is 2. The first-order chi connectivity index (χ1) is 23.7. The molecule has 0 aliphatic rings. The summed E-state index contributed by atoms with van der Waals surface area (Å²) in [6.07, 6.45) is 6.26. The molecule has 0 fully saturated rings. The van der Waals surface area contributed by atoms with Crippen molar-refractivity contribution >= 4 is 34.3 Å². The molecule has 0 spiro atoms. The summed E-state index contributed by atoms with van der Waals surface area (Å²) >= 11 is 0. The predicted octanol–water partition coefficient (Wildman–Crippen LogP) is 5.96. The first kappa shape index (κ1) is 32.6. The molecule has 0 aliphatic carbocycles. The van der Waals surface area contributed by atoms with Crippen molar-refractivity contribution in [2.45, 2.75) is 6.54 Å². The van der Waals surface area contributed by atoms with Gasteiger partial charge in [-0.1, -0.05) is 18.2 Å². The zero-order chi connectivity index (χ0) is 34.5. The van der Waals surface area contributed by atoms with E-state index >= 15 is 0 Å². The van der Waals surface area contributed by atoms with Gasteiger partial charge in [0.15, 0.2) is 0 Å². The van der Waals surface area contributed by atoms with Crippen LogP contribution < -0.4 is 20.7 Å². The van der Waals surface area contributed by atoms with Gasteiger partial charge in [0.25, 0.3) is 11.8 Å². The van der Waals surface area contributed by atoms with Gasteiger partial charge in [0.05, 0.1) is 11.8 Å². The summed E-state index contributed by atoms with van der Waals surface area (Å²) in [6.45, 7) is 0.750. The molecule has 3 heterocycles. The van der Waals surface area contributed by atoms with Gasteiger partial charge in [0.2, 0.25) is 11.6 Å². The van der Waals surface area contributed by atoms with Crippen LogP contribution in [0.25, 0.3) is 33.6 Å². The second-order valence-corrected chi connectivity index (χ2v) is 11.4. The van der Waals surface area contributed by atoms with Crippen molar-refractivity contribution in [3.05, 3.63) is 115 Å². The number of fused-ring (bicyclic) bond motifs is 1. The molecule has 49 heavy (non-hydrogen) atoms. The topological polar surface area (TPSA) is 139 Å². The maximum absolute atomic E-state index is 13.3. The van der Waals surface area contributed by atoms with Gasteiger partial charge in [0.1, 0.15) is 34.6 Å². The van der Waals surface area contributed by atoms with Crippen molar-refractivity contribution < 1.29 is 23.1 Å². The van der Waals surface area contributed by atoms with E-state index in [2.05, 4.69) is 48.0 Å². The van der Waals surface area contributed by atoms with Crippen LogP contribution in [0.1, 0.15) is 5.56 Å². The number of halogens is 1. The number of rotatable bonds is 11. The summed E-state index contributed by atoms with van der Waals surface area (Å²) in [6, 6.07) is 20.0. The molecule has 12 nitrogen and oxygen atoms in total. The highest BCUT2D eigenvalue weighted by Crippen LogP contribution is 2.44. The van der Waals surface area contributed by atoms with E-state index in [1.165, 1.54) is 36.8 Å². The van der Waals surface area contributed by atoms with Crippen LogP contribution in [0.5, 0.6) is 11.6 Å². The molecule has 0 bridgehead atoms. The summed E-state index contributed by atoms with van der Waals surface area (Å²) in [7, 11) is 7.44. The zero-order valence-corrected chi connectivity index (χ0v) is 27.2. The van der Waals surface area contributed by atoms with Gasteiger partial charge >= 0.3 is 0 Å². The van der Waals surface area contributed by atoms with Gasteiger partial charge in [0, 0.05) is 50.0 Å². The molecular formula is C36H33FN8O4. The SMILES string of the molecule is CN/C=C(\C(=O)Nc1ccc(F)cc1)C(=O)Nc1ccc(Oc2ncnc3oc(-c4cnn(C)c4)c(-c4cccc(CN(C)C)c4)c23)cc1. The van der Waals surface area contributed by atoms with Crippen LogP contribution in [0.4, 0.5) is 15.8 Å². The number of furan rings is 1. The van der Waals surface area contributed by atoms with Crippen LogP contribution in [-0.2, 0) is 23.2 Å². The Hall–Kier alpha value is -6.34. The van der Waals surface area contributed by atoms with E-state index in [0.717, 1.165) is 28.8 Å². The molecule has 6 aromatic rings. The molecule has 2 amide bonds. The Kier molecular flexibility index (Phi) is 9.44. The van der Waals surface area contributed by atoms with Crippen LogP contribution in [0.15, 0.2) is 108 Å². The number of carbonyl (C=O) groups excluding carboxylic acids is 2. The number of aryl methyl sites for hydroxylation is 1. The van der Waals surface area contributed by atoms with Gasteiger partial charge in [-0.05, 0) is 79.8 Å². The lowest BCUT2D eigenvalue weighted by atomic mass is 9.99. The predicted molar refractivity (Wildman–Crippen MR) is 184 cm³/mol. The van der Waals surface area contributed by atoms with E-state index in [1.807, 2.05) is 39.5 Å². The maximum Gasteiger partial charge on any atom is 0.262 e. The van der Waals surface area contributed by atoms with Gasteiger partial charge < -0.3 is 30.0 Å². The fraction of sp³-hybridized carbons (Fsp3) is 0.139. The average molecular weight is 661 g/mol. The Morgan fingerprint density at radius 2 is 1.65 bits per heavy atom. The molecule has 248 valence electrons. The second-order valence-electron chi connectivity index (χ2n) is 11.4. The van der Waals surface area contributed by atoms with Crippen LogP contribution in [0, 0.1) is 5.82 Å². The van der Waals surface area contributed by atoms with Crippen LogP contribution in [-0.4, -0.2) is 57.6 Å². The first-order valence-corrected chi connectivity index (χ1v) is 15.2. The molecule has 3 aromatic carbocycles. The van der Waals surface area contributed by atoms with E-state index in [4.69, 9.17) is 9.15 Å². The smallest absolute Gasteiger partial charge is 0.262 e. The number of anilines is 2. The lowest BCUT2D eigenvalue weighted by Crippen LogP contribution is -2.26. The highest BCUT2D eigenvalue weighted by molar-refractivity contribution is 6.26. The molecule has 6 rings (SSSR count). The minimum atomic E-state index is -0.667. The third-order valence-electron chi connectivity index (χ3n) is 7.34. The van der Waals surface area contributed by atoms with E-state index in [-0.39, 0.29) is 11.5 Å². The lowest BCUT2D eigenvalue weighted by molar-refractivity contribution is -0.118. The minimum absolute atomic E-state index is 0.179. The van der Waals surface area contributed by atoms with Crippen molar-refractivity contribution in [2.24, 2.45) is 7.05 Å². The third kappa shape index (κ3) is 7.47. The third-order valence-corrected chi connectivity index (χ3v) is 7.34. The molecule has 0 aliphatic heterocycles. The number of ether oxygens (including phenoxy) is 1. The molecule has 3 aromatic heterocycles. The van der Waals surface area contributed by atoms with Crippen molar-refractivity contribution in [1.82, 2.24) is 30.0 Å². The van der Waals surface area contributed by atoms with Crippen molar-refractivity contribution in [3.63, 3.8) is 0 Å². The monoisotopic (exact) mass is 660 g/mol. The fourth-order valence-corrected chi connectivity index (χ4v) is 5.22.